The highest BCUT2D eigenvalue weighted by atomic mass is 15.3. The highest BCUT2D eigenvalue weighted by Gasteiger charge is 2.15. The van der Waals surface area contributed by atoms with E-state index in [2.05, 4.69) is 55.0 Å². The first-order chi connectivity index (χ1) is 13.2. The second kappa shape index (κ2) is 12.2. The van der Waals surface area contributed by atoms with Gasteiger partial charge in [0.2, 0.25) is 0 Å². The smallest absolute Gasteiger partial charge is 0.0110 e. The monoisotopic (exact) mass is 368 g/mol. The predicted molar refractivity (Wildman–Crippen MR) is 121 cm³/mol. The maximum absolute atomic E-state index is 3.93. The number of benzene rings is 1. The van der Waals surface area contributed by atoms with E-state index in [1.54, 1.807) is 0 Å². The lowest BCUT2D eigenvalue weighted by Crippen LogP contribution is -2.46. The molecule has 150 valence electrons. The van der Waals surface area contributed by atoms with Crippen molar-refractivity contribution in [1.82, 2.24) is 9.80 Å². The van der Waals surface area contributed by atoms with Gasteiger partial charge in [-0.25, -0.2) is 0 Å². The highest BCUT2D eigenvalue weighted by molar-refractivity contribution is 5.64. The molecule has 1 fully saturated rings. The quantitative estimate of drug-likeness (QED) is 0.434. The average molecular weight is 369 g/mol. The van der Waals surface area contributed by atoms with Crippen molar-refractivity contribution < 1.29 is 0 Å². The average Bonchev–Trinajstić information content (AvgIpc) is 2.69. The number of rotatable bonds is 12. The predicted octanol–water partition coefficient (Wildman–Crippen LogP) is 5.74. The van der Waals surface area contributed by atoms with Crippen molar-refractivity contribution in [2.24, 2.45) is 5.92 Å². The summed E-state index contributed by atoms with van der Waals surface area (Å²) in [6.45, 7) is 20.1. The van der Waals surface area contributed by atoms with Gasteiger partial charge in [0.1, 0.15) is 0 Å². The first kappa shape index (κ1) is 21.9. The van der Waals surface area contributed by atoms with E-state index in [9.17, 15) is 0 Å². The van der Waals surface area contributed by atoms with Crippen LogP contribution in [-0.4, -0.2) is 49.1 Å². The fraction of sp³-hybridized carbons (Fsp3) is 0.600. The van der Waals surface area contributed by atoms with E-state index in [-0.39, 0.29) is 0 Å². The van der Waals surface area contributed by atoms with Gasteiger partial charge in [-0.05, 0) is 55.0 Å². The molecular weight excluding hydrogens is 328 g/mol. The molecule has 0 radical (unpaired) electrons. The van der Waals surface area contributed by atoms with Gasteiger partial charge in [-0.15, -0.1) is 0 Å². The molecule has 1 aliphatic rings. The number of unbranched alkanes of at least 4 members (excludes halogenated alkanes) is 2. The molecule has 0 N–H and O–H groups in total. The van der Waals surface area contributed by atoms with Crippen molar-refractivity contribution in [3.8, 4) is 0 Å². The molecule has 0 aliphatic carbocycles. The van der Waals surface area contributed by atoms with Crippen molar-refractivity contribution in [3.63, 3.8) is 0 Å². The lowest BCUT2D eigenvalue weighted by Gasteiger charge is -2.34. The Bertz CT molecular complexity index is 570. The summed E-state index contributed by atoms with van der Waals surface area (Å²) in [4.78, 5) is 5.27. The van der Waals surface area contributed by atoms with Crippen LogP contribution in [0.5, 0.6) is 0 Å². The van der Waals surface area contributed by atoms with Crippen molar-refractivity contribution in [2.45, 2.75) is 52.4 Å². The lowest BCUT2D eigenvalue weighted by molar-refractivity contribution is 0.131. The Hall–Kier alpha value is -1.38. The Morgan fingerprint density at radius 1 is 0.926 bits per heavy atom. The van der Waals surface area contributed by atoms with E-state index in [0.717, 1.165) is 12.3 Å². The first-order valence-corrected chi connectivity index (χ1v) is 11.0. The van der Waals surface area contributed by atoms with E-state index in [0.29, 0.717) is 0 Å². The molecule has 2 nitrogen and oxygen atoms in total. The molecule has 0 amide bonds. The molecular formula is C25H40N2. The van der Waals surface area contributed by atoms with Crippen LogP contribution in [0.25, 0.3) is 12.2 Å². The third-order valence-electron chi connectivity index (χ3n) is 5.85. The molecule has 27 heavy (non-hydrogen) atoms. The minimum Gasteiger partial charge on any atom is -0.301 e. The van der Waals surface area contributed by atoms with Crippen LogP contribution in [-0.2, 0) is 6.42 Å². The van der Waals surface area contributed by atoms with Gasteiger partial charge in [0.15, 0.2) is 0 Å². The standard InChI is InChI=1S/C25H40N2/c1-5-14-26-16-18-27(19-17-26)15-10-8-9-11-22(4)20-23-12-13-24(6-2)25(7-3)21-23/h6-7,12-13,21-22H,2-3,5,8-11,14-20H2,1,4H3. The van der Waals surface area contributed by atoms with E-state index in [4.69, 9.17) is 0 Å². The van der Waals surface area contributed by atoms with Crippen LogP contribution >= 0.6 is 0 Å². The van der Waals surface area contributed by atoms with Gasteiger partial charge in [0.25, 0.3) is 0 Å². The van der Waals surface area contributed by atoms with Crippen LogP contribution in [0.4, 0.5) is 0 Å². The molecule has 0 aromatic heterocycles. The van der Waals surface area contributed by atoms with Gasteiger partial charge in [-0.3, -0.25) is 0 Å². The summed E-state index contributed by atoms with van der Waals surface area (Å²) < 4.78 is 0. The Labute approximate surface area is 167 Å². The summed E-state index contributed by atoms with van der Waals surface area (Å²) in [6.07, 6.45) is 11.7. The molecule has 1 aliphatic heterocycles. The summed E-state index contributed by atoms with van der Waals surface area (Å²) in [6, 6.07) is 6.70. The highest BCUT2D eigenvalue weighted by Crippen LogP contribution is 2.20. The molecule has 0 saturated carbocycles. The number of piperazine rings is 1. The topological polar surface area (TPSA) is 6.48 Å². The van der Waals surface area contributed by atoms with Crippen LogP contribution < -0.4 is 0 Å². The molecule has 0 bridgehead atoms. The van der Waals surface area contributed by atoms with Gasteiger partial charge < -0.3 is 9.80 Å². The maximum Gasteiger partial charge on any atom is 0.0110 e. The zero-order valence-corrected chi connectivity index (χ0v) is 17.8. The van der Waals surface area contributed by atoms with Gasteiger partial charge in [-0.1, -0.05) is 76.6 Å². The molecule has 2 rings (SSSR count). The van der Waals surface area contributed by atoms with Crippen LogP contribution in [0.2, 0.25) is 0 Å². The van der Waals surface area contributed by atoms with Gasteiger partial charge in [0.05, 0.1) is 0 Å². The Kier molecular flexibility index (Phi) is 9.86. The lowest BCUT2D eigenvalue weighted by atomic mass is 9.93. The largest absolute Gasteiger partial charge is 0.301 e. The van der Waals surface area contributed by atoms with Gasteiger partial charge in [-0.2, -0.15) is 0 Å². The van der Waals surface area contributed by atoms with Crippen molar-refractivity contribution >= 4 is 12.2 Å². The molecule has 2 heteroatoms. The number of hydrogen-bond donors (Lipinski definition) is 0. The SMILES string of the molecule is C=Cc1ccc(CC(C)CCCCCN2CCN(CCC)CC2)cc1C=C. The fourth-order valence-electron chi connectivity index (χ4n) is 4.18. The molecule has 1 aromatic rings. The third kappa shape index (κ3) is 7.63. The van der Waals surface area contributed by atoms with Crippen molar-refractivity contribution in [2.75, 3.05) is 39.3 Å². The zero-order chi connectivity index (χ0) is 19.5. The second-order valence-corrected chi connectivity index (χ2v) is 8.21. The first-order valence-electron chi connectivity index (χ1n) is 11.0. The van der Waals surface area contributed by atoms with E-state index < -0.39 is 0 Å². The van der Waals surface area contributed by atoms with Crippen LogP contribution in [0.1, 0.15) is 62.6 Å². The van der Waals surface area contributed by atoms with E-state index >= 15 is 0 Å². The summed E-state index contributed by atoms with van der Waals surface area (Å²) in [5.41, 5.74) is 3.80. The van der Waals surface area contributed by atoms with Crippen LogP contribution in [0, 0.1) is 5.92 Å². The molecule has 0 spiro atoms. The third-order valence-corrected chi connectivity index (χ3v) is 5.85. The van der Waals surface area contributed by atoms with Crippen molar-refractivity contribution in [3.05, 3.63) is 48.0 Å². The van der Waals surface area contributed by atoms with Crippen LogP contribution in [0.15, 0.2) is 31.4 Å². The Balaban J connectivity index is 1.59. The summed E-state index contributed by atoms with van der Waals surface area (Å²) in [5.74, 6) is 0.745. The molecule has 1 heterocycles. The molecule has 1 atom stereocenters. The van der Waals surface area contributed by atoms with Gasteiger partial charge in [0, 0.05) is 26.2 Å². The molecule has 1 aromatic carbocycles. The summed E-state index contributed by atoms with van der Waals surface area (Å²) in [7, 11) is 0. The zero-order valence-electron chi connectivity index (χ0n) is 17.8. The molecule has 1 saturated heterocycles. The van der Waals surface area contributed by atoms with Crippen molar-refractivity contribution in [1.29, 1.82) is 0 Å². The summed E-state index contributed by atoms with van der Waals surface area (Å²) >= 11 is 0. The Morgan fingerprint density at radius 2 is 1.59 bits per heavy atom. The minimum atomic E-state index is 0.745. The normalized spacial score (nSPS) is 17.0. The van der Waals surface area contributed by atoms with E-state index in [1.807, 2.05) is 12.2 Å². The number of nitrogens with zero attached hydrogens (tertiary/aromatic N) is 2. The fourth-order valence-corrected chi connectivity index (χ4v) is 4.18. The van der Waals surface area contributed by atoms with E-state index in [1.165, 1.54) is 88.1 Å². The molecule has 1 unspecified atom stereocenters. The van der Waals surface area contributed by atoms with Crippen LogP contribution in [0.3, 0.4) is 0 Å². The maximum atomic E-state index is 3.93. The summed E-state index contributed by atoms with van der Waals surface area (Å²) in [5, 5.41) is 0. The number of hydrogen-bond acceptors (Lipinski definition) is 2. The Morgan fingerprint density at radius 3 is 2.22 bits per heavy atom. The minimum absolute atomic E-state index is 0.745. The van der Waals surface area contributed by atoms with Gasteiger partial charge >= 0.3 is 0 Å². The second-order valence-electron chi connectivity index (χ2n) is 8.21.